The van der Waals surface area contributed by atoms with Crippen LogP contribution in [0.15, 0.2) is 47.8 Å². The largest absolute Gasteiger partial charge is 0.381 e. The molecule has 1 aliphatic heterocycles. The highest BCUT2D eigenvalue weighted by Crippen LogP contribution is 2.32. The predicted molar refractivity (Wildman–Crippen MR) is 107 cm³/mol. The van der Waals surface area contributed by atoms with Gasteiger partial charge in [-0.15, -0.1) is 0 Å². The average Bonchev–Trinajstić information content (AvgIpc) is 3.15. The van der Waals surface area contributed by atoms with Crippen molar-refractivity contribution in [3.8, 4) is 22.5 Å². The molecule has 1 aliphatic rings. The van der Waals surface area contributed by atoms with Crippen LogP contribution in [-0.4, -0.2) is 44.7 Å². The maximum Gasteiger partial charge on any atom is 0.197 e. The Bertz CT molecular complexity index is 984. The molecule has 0 amide bonds. The second-order valence-electron chi connectivity index (χ2n) is 6.69. The number of aromatic nitrogens is 3. The van der Waals surface area contributed by atoms with E-state index >= 15 is 0 Å². The van der Waals surface area contributed by atoms with Crippen molar-refractivity contribution < 1.29 is 13.3 Å². The number of rotatable bonds is 5. The highest BCUT2D eigenvalue weighted by molar-refractivity contribution is 7.84. The predicted octanol–water partition coefficient (Wildman–Crippen LogP) is 3.61. The van der Waals surface area contributed by atoms with E-state index in [0.717, 1.165) is 43.0 Å². The van der Waals surface area contributed by atoms with E-state index in [1.54, 1.807) is 24.6 Å². The fourth-order valence-electron chi connectivity index (χ4n) is 3.23. The van der Waals surface area contributed by atoms with Gasteiger partial charge in [0, 0.05) is 42.8 Å². The van der Waals surface area contributed by atoms with Crippen LogP contribution >= 0.6 is 0 Å². The minimum Gasteiger partial charge on any atom is -0.381 e. The van der Waals surface area contributed by atoms with Crippen LogP contribution in [0, 0.1) is 5.82 Å². The summed E-state index contributed by atoms with van der Waals surface area (Å²) in [6.07, 6.45) is 5.17. The van der Waals surface area contributed by atoms with E-state index in [1.165, 1.54) is 12.1 Å². The SMILES string of the molecule is C[S@@](=O)c1nc(-c2ccnc(NC3CCOCC3)c2)c(-c2ccc(F)cc2)[nH]1. The van der Waals surface area contributed by atoms with Crippen LogP contribution < -0.4 is 5.32 Å². The molecule has 0 unspecified atom stereocenters. The van der Waals surface area contributed by atoms with Gasteiger partial charge in [0.15, 0.2) is 5.16 Å². The zero-order valence-corrected chi connectivity index (χ0v) is 16.3. The van der Waals surface area contributed by atoms with Crippen molar-refractivity contribution in [3.05, 3.63) is 48.4 Å². The molecule has 1 fully saturated rings. The maximum absolute atomic E-state index is 13.3. The first kappa shape index (κ1) is 18.8. The van der Waals surface area contributed by atoms with Crippen molar-refractivity contribution in [2.24, 2.45) is 0 Å². The number of nitrogens with zero attached hydrogens (tertiary/aromatic N) is 2. The fourth-order valence-corrected chi connectivity index (χ4v) is 3.70. The van der Waals surface area contributed by atoms with Gasteiger partial charge in [0.1, 0.15) is 11.6 Å². The smallest absolute Gasteiger partial charge is 0.197 e. The van der Waals surface area contributed by atoms with Crippen molar-refractivity contribution in [2.45, 2.75) is 24.0 Å². The van der Waals surface area contributed by atoms with Crippen LogP contribution in [0.5, 0.6) is 0 Å². The van der Waals surface area contributed by atoms with Gasteiger partial charge < -0.3 is 15.0 Å². The number of aromatic amines is 1. The van der Waals surface area contributed by atoms with Gasteiger partial charge in [-0.3, -0.25) is 4.21 Å². The normalized spacial score (nSPS) is 16.1. The van der Waals surface area contributed by atoms with E-state index in [0.29, 0.717) is 22.6 Å². The average molecular weight is 400 g/mol. The summed E-state index contributed by atoms with van der Waals surface area (Å²) in [6.45, 7) is 1.49. The van der Waals surface area contributed by atoms with E-state index in [-0.39, 0.29) is 5.82 Å². The van der Waals surface area contributed by atoms with Crippen molar-refractivity contribution in [3.63, 3.8) is 0 Å². The topological polar surface area (TPSA) is 79.9 Å². The monoisotopic (exact) mass is 400 g/mol. The van der Waals surface area contributed by atoms with Gasteiger partial charge >= 0.3 is 0 Å². The number of nitrogens with one attached hydrogen (secondary N) is 2. The standard InChI is InChI=1S/C20H21FN4O2S/c1-28(26)20-24-18(13-2-4-15(21)5-3-13)19(25-20)14-6-9-22-17(12-14)23-16-7-10-27-11-8-16/h2-6,9,12,16H,7-8,10-11H2,1H3,(H,22,23)(H,24,25)/t28-/m1/s1. The Labute approximate surface area is 165 Å². The minimum absolute atomic E-state index is 0.309. The number of benzene rings is 1. The van der Waals surface area contributed by atoms with Crippen molar-refractivity contribution >= 4 is 16.6 Å². The van der Waals surface area contributed by atoms with Crippen molar-refractivity contribution in [2.75, 3.05) is 24.8 Å². The zero-order chi connectivity index (χ0) is 19.5. The molecule has 1 saturated heterocycles. The van der Waals surface area contributed by atoms with E-state index in [1.807, 2.05) is 12.1 Å². The first-order valence-corrected chi connectivity index (χ1v) is 10.7. The Morgan fingerprint density at radius 1 is 1.18 bits per heavy atom. The molecule has 1 atom stereocenters. The highest BCUT2D eigenvalue weighted by atomic mass is 32.2. The Kier molecular flexibility index (Phi) is 5.50. The second kappa shape index (κ2) is 8.20. The van der Waals surface area contributed by atoms with Gasteiger partial charge in [0.05, 0.1) is 22.2 Å². The lowest BCUT2D eigenvalue weighted by Crippen LogP contribution is -2.28. The lowest BCUT2D eigenvalue weighted by atomic mass is 10.1. The third kappa shape index (κ3) is 4.13. The molecule has 0 aliphatic carbocycles. The molecule has 146 valence electrons. The second-order valence-corrected chi connectivity index (χ2v) is 7.98. The molecule has 0 spiro atoms. The van der Waals surface area contributed by atoms with Crippen LogP contribution in [0.4, 0.5) is 10.2 Å². The lowest BCUT2D eigenvalue weighted by Gasteiger charge is -2.23. The van der Waals surface area contributed by atoms with Gasteiger partial charge in [-0.05, 0) is 49.2 Å². The molecular weight excluding hydrogens is 379 g/mol. The zero-order valence-electron chi connectivity index (χ0n) is 15.4. The summed E-state index contributed by atoms with van der Waals surface area (Å²) < 4.78 is 30.7. The van der Waals surface area contributed by atoms with E-state index in [2.05, 4.69) is 20.3 Å². The molecule has 28 heavy (non-hydrogen) atoms. The molecule has 0 bridgehead atoms. The molecule has 0 radical (unpaired) electrons. The minimum atomic E-state index is -1.27. The highest BCUT2D eigenvalue weighted by Gasteiger charge is 2.18. The summed E-state index contributed by atoms with van der Waals surface area (Å²) >= 11 is 0. The lowest BCUT2D eigenvalue weighted by molar-refractivity contribution is 0.0904. The van der Waals surface area contributed by atoms with Gasteiger partial charge in [0.2, 0.25) is 0 Å². The summed E-state index contributed by atoms with van der Waals surface area (Å²) in [5.41, 5.74) is 2.98. The summed E-state index contributed by atoms with van der Waals surface area (Å²) in [5, 5.41) is 3.83. The number of imidazole rings is 1. The molecular formula is C20H21FN4O2S. The van der Waals surface area contributed by atoms with Gasteiger partial charge in [-0.25, -0.2) is 14.4 Å². The summed E-state index contributed by atoms with van der Waals surface area (Å²) in [4.78, 5) is 12.1. The molecule has 4 rings (SSSR count). The van der Waals surface area contributed by atoms with Gasteiger partial charge in [0.25, 0.3) is 0 Å². The Morgan fingerprint density at radius 3 is 2.64 bits per heavy atom. The van der Waals surface area contributed by atoms with Crippen LogP contribution in [0.3, 0.4) is 0 Å². The number of anilines is 1. The molecule has 8 heteroatoms. The van der Waals surface area contributed by atoms with E-state index in [4.69, 9.17) is 4.74 Å². The Hall–Kier alpha value is -2.58. The third-order valence-electron chi connectivity index (χ3n) is 4.69. The molecule has 3 heterocycles. The van der Waals surface area contributed by atoms with Crippen LogP contribution in [0.25, 0.3) is 22.5 Å². The summed E-state index contributed by atoms with van der Waals surface area (Å²) in [5.74, 6) is 0.451. The molecule has 6 nitrogen and oxygen atoms in total. The van der Waals surface area contributed by atoms with Crippen molar-refractivity contribution in [1.29, 1.82) is 0 Å². The number of H-pyrrole nitrogens is 1. The number of ether oxygens (including phenoxy) is 1. The van der Waals surface area contributed by atoms with Crippen LogP contribution in [-0.2, 0) is 15.5 Å². The first-order valence-electron chi connectivity index (χ1n) is 9.10. The van der Waals surface area contributed by atoms with Crippen molar-refractivity contribution in [1.82, 2.24) is 15.0 Å². The Balaban J connectivity index is 1.70. The number of pyridine rings is 1. The summed E-state index contributed by atoms with van der Waals surface area (Å²) in [6, 6.07) is 10.3. The molecule has 3 aromatic rings. The van der Waals surface area contributed by atoms with Crippen LogP contribution in [0.2, 0.25) is 0 Å². The van der Waals surface area contributed by atoms with Crippen LogP contribution in [0.1, 0.15) is 12.8 Å². The first-order chi connectivity index (χ1) is 13.6. The maximum atomic E-state index is 13.3. The molecule has 0 saturated carbocycles. The molecule has 1 aromatic carbocycles. The number of halogens is 1. The summed E-state index contributed by atoms with van der Waals surface area (Å²) in [7, 11) is -1.27. The number of hydrogen-bond donors (Lipinski definition) is 2. The number of hydrogen-bond acceptors (Lipinski definition) is 5. The van der Waals surface area contributed by atoms with E-state index in [9.17, 15) is 8.60 Å². The third-order valence-corrected chi connectivity index (χ3v) is 5.43. The van der Waals surface area contributed by atoms with Gasteiger partial charge in [-0.1, -0.05) is 0 Å². The fraction of sp³-hybridized carbons (Fsp3) is 0.300. The Morgan fingerprint density at radius 2 is 1.93 bits per heavy atom. The molecule has 2 aromatic heterocycles. The van der Waals surface area contributed by atoms with Gasteiger partial charge in [-0.2, -0.15) is 0 Å². The quantitative estimate of drug-likeness (QED) is 0.684. The molecule has 2 N–H and O–H groups in total. The van der Waals surface area contributed by atoms with E-state index < -0.39 is 10.8 Å².